The average molecular weight is 280 g/mol. The topological polar surface area (TPSA) is 62.2 Å². The minimum Gasteiger partial charge on any atom is -0.360 e. The van der Waals surface area contributed by atoms with Crippen LogP contribution in [0, 0.1) is 0 Å². The number of H-pyrrole nitrogens is 1. The molecule has 5 heteroatoms. The Morgan fingerprint density at radius 3 is 2.81 bits per heavy atom. The quantitative estimate of drug-likeness (QED) is 0.562. The van der Waals surface area contributed by atoms with Gasteiger partial charge in [0.25, 0.3) is 5.91 Å². The van der Waals surface area contributed by atoms with Gasteiger partial charge in [-0.1, -0.05) is 18.2 Å². The van der Waals surface area contributed by atoms with Crippen molar-refractivity contribution >= 4 is 22.5 Å². The Bertz CT molecular complexity index is 812. The number of hydrogen-bond acceptors (Lipinski definition) is 2. The molecule has 3 rings (SSSR count). The van der Waals surface area contributed by atoms with Crippen molar-refractivity contribution in [1.29, 1.82) is 0 Å². The highest BCUT2D eigenvalue weighted by Crippen LogP contribution is 2.20. The van der Waals surface area contributed by atoms with Crippen LogP contribution in [0.25, 0.3) is 10.9 Å². The van der Waals surface area contributed by atoms with Gasteiger partial charge in [-0.3, -0.25) is 4.79 Å². The van der Waals surface area contributed by atoms with Crippen molar-refractivity contribution in [1.82, 2.24) is 15.0 Å². The third kappa shape index (κ3) is 2.45. The largest absolute Gasteiger partial charge is 0.360 e. The maximum Gasteiger partial charge on any atom is 0.273 e. The van der Waals surface area contributed by atoms with Crippen molar-refractivity contribution in [3.63, 3.8) is 0 Å². The number of nitrogens with zero attached hydrogens (tertiary/aromatic N) is 2. The molecule has 0 saturated heterocycles. The molecule has 21 heavy (non-hydrogen) atoms. The Balaban J connectivity index is 1.86. The van der Waals surface area contributed by atoms with E-state index in [-0.39, 0.29) is 5.91 Å². The summed E-state index contributed by atoms with van der Waals surface area (Å²) in [6, 6.07) is 11.6. The number of para-hydroxylation sites is 1. The molecule has 0 bridgehead atoms. The minimum absolute atomic E-state index is 0.210. The lowest BCUT2D eigenvalue weighted by atomic mass is 10.2. The monoisotopic (exact) mass is 280 g/mol. The zero-order valence-corrected chi connectivity index (χ0v) is 11.9. The first-order chi connectivity index (χ1) is 10.2. The van der Waals surface area contributed by atoms with Crippen LogP contribution in [-0.4, -0.2) is 21.2 Å². The minimum atomic E-state index is -0.210. The first-order valence-corrected chi connectivity index (χ1v) is 6.69. The van der Waals surface area contributed by atoms with Gasteiger partial charge in [0.2, 0.25) is 0 Å². The van der Waals surface area contributed by atoms with Crippen LogP contribution in [0.1, 0.15) is 23.0 Å². The molecule has 0 atom stereocenters. The fourth-order valence-electron chi connectivity index (χ4n) is 2.33. The van der Waals surface area contributed by atoms with Crippen LogP contribution in [0.2, 0.25) is 0 Å². The molecule has 0 spiro atoms. The summed E-state index contributed by atoms with van der Waals surface area (Å²) < 4.78 is 1.94. The van der Waals surface area contributed by atoms with Crippen LogP contribution >= 0.6 is 0 Å². The molecule has 0 aliphatic carbocycles. The summed E-state index contributed by atoms with van der Waals surface area (Å²) in [5.74, 6) is -0.210. The van der Waals surface area contributed by atoms with Gasteiger partial charge >= 0.3 is 0 Å². The summed E-state index contributed by atoms with van der Waals surface area (Å²) in [5.41, 5.74) is 5.86. The Labute approximate surface area is 122 Å². The summed E-state index contributed by atoms with van der Waals surface area (Å²) in [4.78, 5) is 15.4. The molecule has 0 saturated carbocycles. The van der Waals surface area contributed by atoms with E-state index in [0.29, 0.717) is 5.56 Å². The number of fused-ring (bicyclic) bond motifs is 1. The van der Waals surface area contributed by atoms with Crippen LogP contribution in [-0.2, 0) is 7.05 Å². The molecule has 2 N–H and O–H groups in total. The lowest BCUT2D eigenvalue weighted by Gasteiger charge is -2.00. The molecule has 1 amide bonds. The van der Waals surface area contributed by atoms with Gasteiger partial charge in [0.05, 0.1) is 17.0 Å². The second kappa shape index (κ2) is 5.28. The number of carbonyl (C=O) groups is 1. The van der Waals surface area contributed by atoms with Crippen LogP contribution in [0.3, 0.4) is 0 Å². The number of rotatable bonds is 3. The third-order valence-corrected chi connectivity index (χ3v) is 3.45. The second-order valence-corrected chi connectivity index (χ2v) is 4.89. The number of carbonyl (C=O) groups excluding carboxylic acids is 1. The van der Waals surface area contributed by atoms with Crippen LogP contribution < -0.4 is 5.43 Å². The van der Waals surface area contributed by atoms with Crippen molar-refractivity contribution in [2.45, 2.75) is 6.92 Å². The number of nitrogens with one attached hydrogen (secondary N) is 2. The number of hydrazone groups is 1. The molecule has 3 aromatic rings. The van der Waals surface area contributed by atoms with E-state index in [1.165, 1.54) is 0 Å². The Hall–Kier alpha value is -2.82. The summed E-state index contributed by atoms with van der Waals surface area (Å²) in [7, 11) is 1.92. The fourth-order valence-corrected chi connectivity index (χ4v) is 2.33. The lowest BCUT2D eigenvalue weighted by molar-refractivity contribution is 0.0956. The smallest absolute Gasteiger partial charge is 0.273 e. The Kier molecular flexibility index (Phi) is 3.31. The van der Waals surface area contributed by atoms with Gasteiger partial charge in [-0.25, -0.2) is 5.43 Å². The maximum atomic E-state index is 12.3. The van der Waals surface area contributed by atoms with Gasteiger partial charge in [0, 0.05) is 30.3 Å². The van der Waals surface area contributed by atoms with Crippen molar-refractivity contribution in [2.75, 3.05) is 0 Å². The zero-order valence-electron chi connectivity index (χ0n) is 11.9. The summed E-state index contributed by atoms with van der Waals surface area (Å²) >= 11 is 0. The fraction of sp³-hybridized carbons (Fsp3) is 0.125. The van der Waals surface area contributed by atoms with Gasteiger partial charge in [-0.15, -0.1) is 0 Å². The molecular weight excluding hydrogens is 264 g/mol. The van der Waals surface area contributed by atoms with Gasteiger partial charge in [-0.05, 0) is 25.1 Å². The van der Waals surface area contributed by atoms with Crippen LogP contribution in [0.15, 0.2) is 53.9 Å². The van der Waals surface area contributed by atoms with Gasteiger partial charge in [-0.2, -0.15) is 5.10 Å². The zero-order chi connectivity index (χ0) is 14.8. The summed E-state index contributed by atoms with van der Waals surface area (Å²) in [6.07, 6.45) is 3.64. The Morgan fingerprint density at radius 2 is 2.05 bits per heavy atom. The first kappa shape index (κ1) is 13.2. The van der Waals surface area contributed by atoms with Crippen molar-refractivity contribution < 1.29 is 4.79 Å². The molecule has 0 aliphatic rings. The van der Waals surface area contributed by atoms with Crippen molar-refractivity contribution in [2.24, 2.45) is 12.1 Å². The Morgan fingerprint density at radius 1 is 1.24 bits per heavy atom. The second-order valence-electron chi connectivity index (χ2n) is 4.89. The number of hydrogen-bond donors (Lipinski definition) is 2. The molecule has 0 unspecified atom stereocenters. The normalized spacial score (nSPS) is 11.8. The molecule has 2 aromatic heterocycles. The molecule has 1 aromatic carbocycles. The molecule has 0 fully saturated rings. The first-order valence-electron chi connectivity index (χ1n) is 6.69. The summed E-state index contributed by atoms with van der Waals surface area (Å²) in [5, 5.41) is 5.06. The number of amides is 1. The third-order valence-electron chi connectivity index (χ3n) is 3.45. The van der Waals surface area contributed by atoms with E-state index >= 15 is 0 Å². The molecule has 106 valence electrons. The highest BCUT2D eigenvalue weighted by molar-refractivity contribution is 6.07. The van der Waals surface area contributed by atoms with E-state index in [2.05, 4.69) is 15.5 Å². The van der Waals surface area contributed by atoms with E-state index in [9.17, 15) is 4.79 Å². The van der Waals surface area contributed by atoms with Crippen molar-refractivity contribution in [3.05, 3.63) is 60.0 Å². The van der Waals surface area contributed by atoms with Crippen LogP contribution in [0.5, 0.6) is 0 Å². The van der Waals surface area contributed by atoms with E-state index < -0.39 is 0 Å². The van der Waals surface area contributed by atoms with Gasteiger partial charge in [0.15, 0.2) is 0 Å². The van der Waals surface area contributed by atoms with E-state index in [0.717, 1.165) is 22.3 Å². The SMILES string of the molecule is C/C(=N\NC(=O)c1cn(C)c2ccccc12)c1ccc[nH]1. The van der Waals surface area contributed by atoms with Crippen LogP contribution in [0.4, 0.5) is 0 Å². The number of aryl methyl sites for hydroxylation is 1. The molecule has 0 aliphatic heterocycles. The highest BCUT2D eigenvalue weighted by Gasteiger charge is 2.13. The number of aromatic amines is 1. The summed E-state index contributed by atoms with van der Waals surface area (Å²) in [6.45, 7) is 1.84. The predicted octanol–water partition coefficient (Wildman–Crippen LogP) is 2.66. The van der Waals surface area contributed by atoms with Gasteiger partial charge in [0.1, 0.15) is 0 Å². The van der Waals surface area contributed by atoms with E-state index in [1.807, 2.05) is 67.3 Å². The maximum absolute atomic E-state index is 12.3. The highest BCUT2D eigenvalue weighted by atomic mass is 16.2. The number of aromatic nitrogens is 2. The molecular formula is C16H16N4O. The van der Waals surface area contributed by atoms with Crippen molar-refractivity contribution in [3.8, 4) is 0 Å². The lowest BCUT2D eigenvalue weighted by Crippen LogP contribution is -2.19. The van der Waals surface area contributed by atoms with Gasteiger partial charge < -0.3 is 9.55 Å². The number of benzene rings is 1. The molecule has 0 radical (unpaired) electrons. The average Bonchev–Trinajstić information content (AvgIpc) is 3.13. The molecule has 5 nitrogen and oxygen atoms in total. The molecule has 2 heterocycles. The predicted molar refractivity (Wildman–Crippen MR) is 83.4 cm³/mol. The van der Waals surface area contributed by atoms with E-state index in [4.69, 9.17) is 0 Å². The van der Waals surface area contributed by atoms with E-state index in [1.54, 1.807) is 0 Å². The standard InChI is InChI=1S/C16H16N4O/c1-11(14-7-5-9-17-14)18-19-16(21)13-10-20(2)15-8-4-3-6-12(13)15/h3-10,17H,1-2H3,(H,19,21)/b18-11+.